The normalized spacial score (nSPS) is 22.1. The van der Waals surface area contributed by atoms with Crippen LogP contribution in [0.3, 0.4) is 0 Å². The molecule has 3 aliphatic rings. The highest BCUT2D eigenvalue weighted by Gasteiger charge is 2.33. The zero-order valence-electron chi connectivity index (χ0n) is 18.8. The van der Waals surface area contributed by atoms with Crippen molar-refractivity contribution in [1.29, 1.82) is 0 Å². The summed E-state index contributed by atoms with van der Waals surface area (Å²) >= 11 is 0. The Bertz CT molecular complexity index is 779. The van der Waals surface area contributed by atoms with E-state index in [1.807, 2.05) is 16.7 Å². The minimum Gasteiger partial charge on any atom is -0.459 e. The van der Waals surface area contributed by atoms with Gasteiger partial charge in [-0.05, 0) is 19.1 Å². The first-order valence-electron chi connectivity index (χ1n) is 11.5. The monoisotopic (exact) mass is 447 g/mol. The number of carbonyl (C=O) groups excluding carboxylic acids is 3. The molecule has 1 aromatic rings. The summed E-state index contributed by atoms with van der Waals surface area (Å²) in [4.78, 5) is 47.8. The van der Waals surface area contributed by atoms with E-state index in [1.165, 1.54) is 6.26 Å². The third kappa shape index (κ3) is 5.31. The van der Waals surface area contributed by atoms with Crippen molar-refractivity contribution in [2.75, 3.05) is 85.2 Å². The van der Waals surface area contributed by atoms with Crippen LogP contribution in [-0.2, 0) is 14.3 Å². The molecular formula is C22H33N5O5. The lowest BCUT2D eigenvalue weighted by Crippen LogP contribution is -2.59. The second-order valence-electron chi connectivity index (χ2n) is 8.58. The molecule has 0 saturated carbocycles. The fourth-order valence-corrected chi connectivity index (χ4v) is 4.52. The second kappa shape index (κ2) is 10.5. The first-order valence-corrected chi connectivity index (χ1v) is 11.5. The maximum atomic E-state index is 13.0. The highest BCUT2D eigenvalue weighted by molar-refractivity contribution is 5.91. The van der Waals surface area contributed by atoms with Crippen LogP contribution in [0.1, 0.15) is 17.5 Å². The van der Waals surface area contributed by atoms with Crippen molar-refractivity contribution >= 4 is 17.7 Å². The molecule has 0 aliphatic carbocycles. The molecule has 0 radical (unpaired) electrons. The van der Waals surface area contributed by atoms with Crippen LogP contribution < -0.4 is 0 Å². The van der Waals surface area contributed by atoms with Crippen LogP contribution in [-0.4, -0.2) is 133 Å². The molecule has 10 nitrogen and oxygen atoms in total. The van der Waals surface area contributed by atoms with Crippen molar-refractivity contribution in [2.45, 2.75) is 13.0 Å². The van der Waals surface area contributed by atoms with Crippen molar-refractivity contribution in [3.63, 3.8) is 0 Å². The summed E-state index contributed by atoms with van der Waals surface area (Å²) in [5, 5.41) is 0. The first-order chi connectivity index (χ1) is 15.5. The van der Waals surface area contributed by atoms with Crippen molar-refractivity contribution in [2.24, 2.45) is 0 Å². The second-order valence-corrected chi connectivity index (χ2v) is 8.58. The molecule has 3 aliphatic heterocycles. The summed E-state index contributed by atoms with van der Waals surface area (Å²) in [6.45, 7) is 10.1. The number of piperazine rings is 2. The Morgan fingerprint density at radius 2 is 1.50 bits per heavy atom. The number of furan rings is 1. The minimum atomic E-state index is -0.237. The standard InChI is InChI=1S/C22H33N5O5/c1-18(21(29)26-8-10-27(11-9-26)22(30)19-3-2-14-32-19)24-4-6-25(7-5-24)20(28)17-23-12-15-31-16-13-23/h2-3,14,18H,4-13,15-17H2,1H3. The Kier molecular flexibility index (Phi) is 7.44. The summed E-state index contributed by atoms with van der Waals surface area (Å²) < 4.78 is 10.5. The summed E-state index contributed by atoms with van der Waals surface area (Å²) in [6, 6.07) is 3.12. The molecule has 0 N–H and O–H groups in total. The van der Waals surface area contributed by atoms with Gasteiger partial charge in [0.25, 0.3) is 5.91 Å². The number of carbonyl (C=O) groups is 3. The highest BCUT2D eigenvalue weighted by atomic mass is 16.5. The van der Waals surface area contributed by atoms with Gasteiger partial charge in [0.2, 0.25) is 11.8 Å². The van der Waals surface area contributed by atoms with E-state index in [2.05, 4.69) is 9.80 Å². The molecule has 4 heterocycles. The largest absolute Gasteiger partial charge is 0.459 e. The first kappa shape index (κ1) is 22.8. The number of hydrogen-bond acceptors (Lipinski definition) is 7. The number of morpholine rings is 1. The summed E-state index contributed by atoms with van der Waals surface area (Å²) in [5.41, 5.74) is 0. The lowest BCUT2D eigenvalue weighted by atomic mass is 10.1. The van der Waals surface area contributed by atoms with E-state index in [1.54, 1.807) is 17.0 Å². The van der Waals surface area contributed by atoms with Gasteiger partial charge in [-0.15, -0.1) is 0 Å². The van der Waals surface area contributed by atoms with Crippen LogP contribution in [0.5, 0.6) is 0 Å². The molecule has 3 amide bonds. The number of hydrogen-bond donors (Lipinski definition) is 0. The predicted octanol–water partition coefficient (Wildman–Crippen LogP) is -0.571. The number of nitrogens with zero attached hydrogens (tertiary/aromatic N) is 5. The minimum absolute atomic E-state index is 0.0863. The van der Waals surface area contributed by atoms with Crippen molar-refractivity contribution in [3.8, 4) is 0 Å². The van der Waals surface area contributed by atoms with Gasteiger partial charge in [0.1, 0.15) is 0 Å². The fourth-order valence-electron chi connectivity index (χ4n) is 4.52. The zero-order valence-corrected chi connectivity index (χ0v) is 18.8. The molecule has 3 fully saturated rings. The van der Waals surface area contributed by atoms with Crippen LogP contribution in [0.25, 0.3) is 0 Å². The van der Waals surface area contributed by atoms with Gasteiger partial charge in [0, 0.05) is 65.4 Å². The number of rotatable bonds is 5. The third-order valence-corrected chi connectivity index (χ3v) is 6.65. The van der Waals surface area contributed by atoms with Crippen LogP contribution in [0.4, 0.5) is 0 Å². The molecule has 0 aromatic carbocycles. The average Bonchev–Trinajstić information content (AvgIpc) is 3.38. The Hall–Kier alpha value is -2.43. The Labute approximate surface area is 188 Å². The molecule has 3 saturated heterocycles. The predicted molar refractivity (Wildman–Crippen MR) is 116 cm³/mol. The maximum absolute atomic E-state index is 13.0. The smallest absolute Gasteiger partial charge is 0.289 e. The number of ether oxygens (including phenoxy) is 1. The highest BCUT2D eigenvalue weighted by Crippen LogP contribution is 2.14. The van der Waals surface area contributed by atoms with E-state index < -0.39 is 0 Å². The molecule has 1 aromatic heterocycles. The van der Waals surface area contributed by atoms with Gasteiger partial charge < -0.3 is 23.9 Å². The maximum Gasteiger partial charge on any atom is 0.289 e. The molecule has 1 atom stereocenters. The average molecular weight is 448 g/mol. The van der Waals surface area contributed by atoms with Gasteiger partial charge in [-0.2, -0.15) is 0 Å². The van der Waals surface area contributed by atoms with E-state index in [9.17, 15) is 14.4 Å². The van der Waals surface area contributed by atoms with E-state index in [4.69, 9.17) is 9.15 Å². The van der Waals surface area contributed by atoms with Crippen LogP contribution in [0.15, 0.2) is 22.8 Å². The van der Waals surface area contributed by atoms with Gasteiger partial charge in [0.15, 0.2) is 5.76 Å². The van der Waals surface area contributed by atoms with E-state index >= 15 is 0 Å². The van der Waals surface area contributed by atoms with Crippen molar-refractivity contribution in [3.05, 3.63) is 24.2 Å². The molecule has 176 valence electrons. The van der Waals surface area contributed by atoms with E-state index in [-0.39, 0.29) is 23.8 Å². The molecule has 10 heteroatoms. The molecule has 4 rings (SSSR count). The molecule has 0 spiro atoms. The fraction of sp³-hybridized carbons (Fsp3) is 0.682. The van der Waals surface area contributed by atoms with E-state index in [0.717, 1.165) is 13.1 Å². The van der Waals surface area contributed by atoms with Crippen LogP contribution >= 0.6 is 0 Å². The molecule has 32 heavy (non-hydrogen) atoms. The summed E-state index contributed by atoms with van der Waals surface area (Å²) in [5.74, 6) is 0.443. The summed E-state index contributed by atoms with van der Waals surface area (Å²) in [6.07, 6.45) is 1.49. The molecular weight excluding hydrogens is 414 g/mol. The van der Waals surface area contributed by atoms with Gasteiger partial charge >= 0.3 is 0 Å². The Morgan fingerprint density at radius 1 is 0.875 bits per heavy atom. The van der Waals surface area contributed by atoms with E-state index in [0.29, 0.717) is 77.9 Å². The zero-order chi connectivity index (χ0) is 22.5. The van der Waals surface area contributed by atoms with Gasteiger partial charge in [-0.25, -0.2) is 0 Å². The Morgan fingerprint density at radius 3 is 2.12 bits per heavy atom. The lowest BCUT2D eigenvalue weighted by Gasteiger charge is -2.41. The van der Waals surface area contributed by atoms with Crippen LogP contribution in [0.2, 0.25) is 0 Å². The van der Waals surface area contributed by atoms with Crippen molar-refractivity contribution in [1.82, 2.24) is 24.5 Å². The van der Waals surface area contributed by atoms with Crippen molar-refractivity contribution < 1.29 is 23.5 Å². The third-order valence-electron chi connectivity index (χ3n) is 6.65. The quantitative estimate of drug-likeness (QED) is 0.597. The molecule has 0 bridgehead atoms. The SMILES string of the molecule is CC(C(=O)N1CCN(C(=O)c2ccco2)CC1)N1CCN(C(=O)CN2CCOCC2)CC1. The van der Waals surface area contributed by atoms with Gasteiger partial charge in [0.05, 0.1) is 32.1 Å². The molecule has 1 unspecified atom stereocenters. The van der Waals surface area contributed by atoms with Crippen LogP contribution in [0, 0.1) is 0 Å². The van der Waals surface area contributed by atoms with Gasteiger partial charge in [-0.3, -0.25) is 24.2 Å². The van der Waals surface area contributed by atoms with Gasteiger partial charge in [-0.1, -0.05) is 0 Å². The Balaban J connectivity index is 1.20. The lowest BCUT2D eigenvalue weighted by molar-refractivity contribution is -0.140. The summed E-state index contributed by atoms with van der Waals surface area (Å²) in [7, 11) is 0. The topological polar surface area (TPSA) is 89.8 Å². The number of amides is 3.